The fourth-order valence-corrected chi connectivity index (χ4v) is 2.72. The summed E-state index contributed by atoms with van der Waals surface area (Å²) in [6.45, 7) is 10.2. The van der Waals surface area contributed by atoms with Crippen molar-refractivity contribution in [3.63, 3.8) is 0 Å². The monoisotopic (exact) mass is 383 g/mol. The molecule has 2 aromatic carbocycles. The Kier molecular flexibility index (Phi) is 7.04. The maximum absolute atomic E-state index is 10.3. The summed E-state index contributed by atoms with van der Waals surface area (Å²) in [4.78, 5) is 11.1. The van der Waals surface area contributed by atoms with Crippen molar-refractivity contribution in [1.29, 1.82) is 0 Å². The Labute approximate surface area is 166 Å². The van der Waals surface area contributed by atoms with E-state index in [1.54, 1.807) is 24.6 Å². The van der Waals surface area contributed by atoms with Gasteiger partial charge in [0, 0.05) is 54.5 Å². The predicted octanol–water partition coefficient (Wildman–Crippen LogP) is 3.97. The molecule has 0 saturated heterocycles. The molecule has 28 heavy (non-hydrogen) atoms. The number of anilines is 1. The average molecular weight is 383 g/mol. The zero-order valence-electron chi connectivity index (χ0n) is 16.9. The molecule has 0 aliphatic rings. The van der Waals surface area contributed by atoms with E-state index in [2.05, 4.69) is 28.7 Å². The van der Waals surface area contributed by atoms with Crippen molar-refractivity contribution < 1.29 is 15.3 Å². The van der Waals surface area contributed by atoms with Crippen LogP contribution in [-0.4, -0.2) is 52.9 Å². The fourth-order valence-electron chi connectivity index (χ4n) is 2.72. The van der Waals surface area contributed by atoms with E-state index >= 15 is 0 Å². The number of nitrogens with zero attached hydrogens (tertiary/aromatic N) is 3. The van der Waals surface area contributed by atoms with E-state index in [0.717, 1.165) is 18.8 Å². The van der Waals surface area contributed by atoms with Crippen LogP contribution in [0.1, 0.15) is 38.8 Å². The topological polar surface area (TPSA) is 88.7 Å². The Morgan fingerprint density at radius 1 is 0.893 bits per heavy atom. The molecule has 0 heterocycles. The van der Waals surface area contributed by atoms with E-state index in [1.807, 2.05) is 26.0 Å². The molecule has 3 N–H and O–H groups in total. The standard InChI is InChI=1S/C22H29N3O3/c1-5-25(6-2)18-9-7-16(20(27)11-18)13-23-15-22(3,4)24-14-17-8-10-19(26)12-21(17)28/h7-14,26-28H,5-6,15H2,1-4H3. The molecule has 0 aliphatic heterocycles. The third-order valence-electron chi connectivity index (χ3n) is 4.42. The van der Waals surface area contributed by atoms with Gasteiger partial charge in [-0.05, 0) is 52.0 Å². The number of phenolic OH excluding ortho intramolecular Hbond substituents is 3. The molecule has 0 unspecified atom stereocenters. The second-order valence-electron chi connectivity index (χ2n) is 7.20. The minimum Gasteiger partial charge on any atom is -0.508 e. The van der Waals surface area contributed by atoms with Gasteiger partial charge in [-0.15, -0.1) is 0 Å². The van der Waals surface area contributed by atoms with Crippen LogP contribution >= 0.6 is 0 Å². The average Bonchev–Trinajstić information content (AvgIpc) is 2.63. The highest BCUT2D eigenvalue weighted by molar-refractivity contribution is 5.85. The number of benzene rings is 2. The van der Waals surface area contributed by atoms with Gasteiger partial charge in [0.1, 0.15) is 17.2 Å². The van der Waals surface area contributed by atoms with Crippen molar-refractivity contribution >= 4 is 18.1 Å². The van der Waals surface area contributed by atoms with E-state index in [1.165, 1.54) is 12.1 Å². The largest absolute Gasteiger partial charge is 0.508 e. The second-order valence-corrected chi connectivity index (χ2v) is 7.20. The SMILES string of the molecule is CCN(CC)c1ccc(C=NCC(C)(C)N=Cc2ccc(O)cc2O)c(O)c1. The van der Waals surface area contributed by atoms with Crippen LogP contribution in [0.4, 0.5) is 5.69 Å². The van der Waals surface area contributed by atoms with Gasteiger partial charge in [0.2, 0.25) is 0 Å². The molecular weight excluding hydrogens is 354 g/mol. The Morgan fingerprint density at radius 2 is 1.50 bits per heavy atom. The van der Waals surface area contributed by atoms with Crippen molar-refractivity contribution in [3.8, 4) is 17.2 Å². The third-order valence-corrected chi connectivity index (χ3v) is 4.42. The Hall–Kier alpha value is -3.02. The number of aromatic hydroxyl groups is 3. The maximum Gasteiger partial charge on any atom is 0.128 e. The van der Waals surface area contributed by atoms with Gasteiger partial charge in [0.25, 0.3) is 0 Å². The highest BCUT2D eigenvalue weighted by Crippen LogP contribution is 2.24. The summed E-state index contributed by atoms with van der Waals surface area (Å²) >= 11 is 0. The quantitative estimate of drug-likeness (QED) is 0.602. The van der Waals surface area contributed by atoms with Crippen LogP contribution in [-0.2, 0) is 0 Å². The van der Waals surface area contributed by atoms with Gasteiger partial charge in [0.05, 0.1) is 12.1 Å². The highest BCUT2D eigenvalue weighted by Gasteiger charge is 2.14. The predicted molar refractivity (Wildman–Crippen MR) is 116 cm³/mol. The maximum atomic E-state index is 10.3. The van der Waals surface area contributed by atoms with E-state index in [-0.39, 0.29) is 17.2 Å². The number of rotatable bonds is 8. The molecule has 0 aromatic heterocycles. The normalized spacial score (nSPS) is 12.1. The smallest absolute Gasteiger partial charge is 0.128 e. The van der Waals surface area contributed by atoms with Crippen molar-refractivity contribution in [2.45, 2.75) is 33.2 Å². The number of hydrogen-bond acceptors (Lipinski definition) is 6. The van der Waals surface area contributed by atoms with E-state index in [4.69, 9.17) is 0 Å². The minimum atomic E-state index is -0.488. The van der Waals surface area contributed by atoms with Crippen molar-refractivity contribution in [2.75, 3.05) is 24.5 Å². The van der Waals surface area contributed by atoms with Gasteiger partial charge in [0.15, 0.2) is 0 Å². The lowest BCUT2D eigenvalue weighted by Gasteiger charge is -2.21. The first-order chi connectivity index (χ1) is 13.3. The lowest BCUT2D eigenvalue weighted by atomic mass is 10.1. The molecule has 6 nitrogen and oxygen atoms in total. The molecule has 0 saturated carbocycles. The van der Waals surface area contributed by atoms with Crippen LogP contribution in [0.2, 0.25) is 0 Å². The summed E-state index contributed by atoms with van der Waals surface area (Å²) in [5.74, 6) is 0.176. The molecule has 0 aliphatic carbocycles. The van der Waals surface area contributed by atoms with E-state index in [9.17, 15) is 15.3 Å². The van der Waals surface area contributed by atoms with Crippen LogP contribution in [0, 0.1) is 0 Å². The number of aliphatic imine (C=N–C) groups is 2. The van der Waals surface area contributed by atoms with Crippen LogP contribution in [0.15, 0.2) is 46.4 Å². The van der Waals surface area contributed by atoms with Crippen molar-refractivity contribution in [2.24, 2.45) is 9.98 Å². The summed E-state index contributed by atoms with van der Waals surface area (Å²) in [6, 6.07) is 9.96. The summed E-state index contributed by atoms with van der Waals surface area (Å²) in [7, 11) is 0. The minimum absolute atomic E-state index is 0.00494. The molecule has 2 aromatic rings. The van der Waals surface area contributed by atoms with Crippen molar-refractivity contribution in [1.82, 2.24) is 0 Å². The number of hydrogen-bond donors (Lipinski definition) is 3. The highest BCUT2D eigenvalue weighted by atomic mass is 16.3. The van der Waals surface area contributed by atoms with Gasteiger partial charge in [-0.2, -0.15) is 0 Å². The lowest BCUT2D eigenvalue weighted by Crippen LogP contribution is -2.22. The first-order valence-corrected chi connectivity index (χ1v) is 9.40. The van der Waals surface area contributed by atoms with Crippen LogP contribution in [0.5, 0.6) is 17.2 Å². The zero-order valence-corrected chi connectivity index (χ0v) is 16.9. The summed E-state index contributed by atoms with van der Waals surface area (Å²) in [6.07, 6.45) is 3.22. The first kappa shape index (κ1) is 21.3. The lowest BCUT2D eigenvalue weighted by molar-refractivity contribution is 0.450. The van der Waals surface area contributed by atoms with Crippen LogP contribution in [0.25, 0.3) is 0 Å². The molecule has 0 spiro atoms. The van der Waals surface area contributed by atoms with Gasteiger partial charge in [-0.1, -0.05) is 0 Å². The molecular formula is C22H29N3O3. The molecule has 2 rings (SSSR count). The van der Waals surface area contributed by atoms with Gasteiger partial charge in [-0.25, -0.2) is 0 Å². The molecule has 0 atom stereocenters. The fraction of sp³-hybridized carbons (Fsp3) is 0.364. The number of phenols is 3. The van der Waals surface area contributed by atoms with E-state index in [0.29, 0.717) is 17.7 Å². The molecule has 0 bridgehead atoms. The Morgan fingerprint density at radius 3 is 2.11 bits per heavy atom. The van der Waals surface area contributed by atoms with Gasteiger partial charge >= 0.3 is 0 Å². The Balaban J connectivity index is 2.05. The summed E-state index contributed by atoms with van der Waals surface area (Å²) in [5, 5.41) is 29.4. The van der Waals surface area contributed by atoms with Gasteiger partial charge in [-0.3, -0.25) is 9.98 Å². The Bertz CT molecular complexity index is 856. The van der Waals surface area contributed by atoms with E-state index < -0.39 is 5.54 Å². The summed E-state index contributed by atoms with van der Waals surface area (Å²) < 4.78 is 0. The van der Waals surface area contributed by atoms with Crippen LogP contribution < -0.4 is 4.90 Å². The first-order valence-electron chi connectivity index (χ1n) is 9.40. The summed E-state index contributed by atoms with van der Waals surface area (Å²) in [5.41, 5.74) is 1.68. The van der Waals surface area contributed by atoms with Crippen LogP contribution in [0.3, 0.4) is 0 Å². The molecule has 0 amide bonds. The molecule has 0 radical (unpaired) electrons. The molecule has 0 fully saturated rings. The molecule has 150 valence electrons. The van der Waals surface area contributed by atoms with Gasteiger partial charge < -0.3 is 20.2 Å². The van der Waals surface area contributed by atoms with Crippen molar-refractivity contribution in [3.05, 3.63) is 47.5 Å². The zero-order chi connectivity index (χ0) is 20.7. The molecule has 6 heteroatoms. The second kappa shape index (κ2) is 9.26. The third kappa shape index (κ3) is 5.74.